The number of hydrogen-bond donors (Lipinski definition) is 3. The molecule has 0 spiro atoms. The van der Waals surface area contributed by atoms with Crippen molar-refractivity contribution in [2.45, 2.75) is 19.0 Å². The Kier molecular flexibility index (Phi) is 8.02. The Balaban J connectivity index is 1.54. The first-order valence-electron chi connectivity index (χ1n) is 10.5. The van der Waals surface area contributed by atoms with Gasteiger partial charge in [-0.1, -0.05) is 12.1 Å². The van der Waals surface area contributed by atoms with Crippen LogP contribution in [-0.2, 0) is 11.3 Å². The van der Waals surface area contributed by atoms with Gasteiger partial charge in [-0.05, 0) is 24.1 Å². The lowest BCUT2D eigenvalue weighted by molar-refractivity contribution is -0.119. The Hall–Kier alpha value is -3.62. The third-order valence-corrected chi connectivity index (χ3v) is 5.19. The van der Waals surface area contributed by atoms with Crippen LogP contribution >= 0.6 is 0 Å². The number of methoxy groups -OCH3 is 2. The number of anilines is 1. The number of ether oxygens (including phenoxy) is 3. The van der Waals surface area contributed by atoms with Gasteiger partial charge in [0.15, 0.2) is 12.6 Å². The van der Waals surface area contributed by atoms with Gasteiger partial charge in [0.2, 0.25) is 0 Å². The summed E-state index contributed by atoms with van der Waals surface area (Å²) in [6.45, 7) is 2.19. The predicted octanol–water partition coefficient (Wildman–Crippen LogP) is 1.51. The Labute approximate surface area is 188 Å². The van der Waals surface area contributed by atoms with Crippen LogP contribution in [0.2, 0.25) is 0 Å². The minimum atomic E-state index is -0.504. The predicted molar refractivity (Wildman–Crippen MR) is 125 cm³/mol. The topological polar surface area (TPSA) is 110 Å². The molecular weight excluding hydrogens is 410 g/mol. The number of nitrogens with zero attached hydrogens (tertiary/aromatic N) is 2. The summed E-state index contributed by atoms with van der Waals surface area (Å²) >= 11 is 0. The molecule has 0 bridgehead atoms. The minimum absolute atomic E-state index is 0.141. The Morgan fingerprint density at radius 1 is 1.16 bits per heavy atom. The lowest BCUT2D eigenvalue weighted by atomic mass is 10.2. The number of amides is 1. The van der Waals surface area contributed by atoms with Gasteiger partial charge in [0.1, 0.15) is 17.2 Å². The molecule has 1 atom stereocenters. The summed E-state index contributed by atoms with van der Waals surface area (Å²) in [5, 5.41) is 6.82. The van der Waals surface area contributed by atoms with Gasteiger partial charge in [-0.2, -0.15) is 0 Å². The first-order valence-corrected chi connectivity index (χ1v) is 10.5. The molecule has 2 aromatic rings. The van der Waals surface area contributed by atoms with Crippen LogP contribution in [0.5, 0.6) is 17.2 Å². The summed E-state index contributed by atoms with van der Waals surface area (Å²) in [6.07, 6.45) is 0.983. The first kappa shape index (κ1) is 23.1. The number of hydrogen-bond acceptors (Lipinski definition) is 6. The summed E-state index contributed by atoms with van der Waals surface area (Å²) in [6, 6.07) is 13.7. The fourth-order valence-corrected chi connectivity index (χ4v) is 3.56. The van der Waals surface area contributed by atoms with Crippen LogP contribution in [0, 0.1) is 0 Å². The molecule has 1 amide bonds. The largest absolute Gasteiger partial charge is 0.497 e. The van der Waals surface area contributed by atoms with Crippen molar-refractivity contribution in [2.24, 2.45) is 10.7 Å². The minimum Gasteiger partial charge on any atom is -0.497 e. The maximum Gasteiger partial charge on any atom is 0.255 e. The molecule has 1 saturated heterocycles. The van der Waals surface area contributed by atoms with Crippen LogP contribution in [0.15, 0.2) is 47.5 Å². The number of carbonyl (C=O) groups is 1. The van der Waals surface area contributed by atoms with E-state index in [1.54, 1.807) is 27.3 Å². The van der Waals surface area contributed by atoms with E-state index in [1.807, 2.05) is 36.4 Å². The number of nitrogens with two attached hydrogens (primary N) is 1. The average Bonchev–Trinajstić information content (AvgIpc) is 3.29. The van der Waals surface area contributed by atoms with E-state index in [0.29, 0.717) is 12.3 Å². The molecule has 9 heteroatoms. The maximum absolute atomic E-state index is 10.9. The van der Waals surface area contributed by atoms with Crippen molar-refractivity contribution in [1.29, 1.82) is 0 Å². The van der Waals surface area contributed by atoms with Crippen LogP contribution in [0.1, 0.15) is 12.0 Å². The van der Waals surface area contributed by atoms with Gasteiger partial charge in [0.25, 0.3) is 5.91 Å². The SMILES string of the molecule is CN=C(NCc1cccc(OCC(N)=O)c1)NC1CCN(c2cc(OC)cc(OC)c2)C1. The molecule has 0 aromatic heterocycles. The number of benzene rings is 2. The highest BCUT2D eigenvalue weighted by Crippen LogP contribution is 2.30. The van der Waals surface area contributed by atoms with Crippen LogP contribution < -0.4 is 35.5 Å². The first-order chi connectivity index (χ1) is 15.5. The van der Waals surface area contributed by atoms with E-state index in [0.717, 1.165) is 48.2 Å². The summed E-state index contributed by atoms with van der Waals surface area (Å²) in [7, 11) is 5.06. The second-order valence-corrected chi connectivity index (χ2v) is 7.47. The molecule has 3 rings (SSSR count). The molecule has 0 radical (unpaired) electrons. The molecule has 1 fully saturated rings. The third kappa shape index (κ3) is 6.44. The second-order valence-electron chi connectivity index (χ2n) is 7.47. The second kappa shape index (κ2) is 11.1. The summed E-state index contributed by atoms with van der Waals surface area (Å²) < 4.78 is 16.1. The van der Waals surface area contributed by atoms with Crippen molar-refractivity contribution in [3.63, 3.8) is 0 Å². The van der Waals surface area contributed by atoms with Crippen LogP contribution in [0.3, 0.4) is 0 Å². The Morgan fingerprint density at radius 2 is 1.91 bits per heavy atom. The van der Waals surface area contributed by atoms with Crippen molar-refractivity contribution >= 4 is 17.6 Å². The fraction of sp³-hybridized carbons (Fsp3) is 0.391. The highest BCUT2D eigenvalue weighted by atomic mass is 16.5. The number of aliphatic imine (C=N–C) groups is 1. The zero-order valence-corrected chi connectivity index (χ0v) is 18.8. The number of nitrogens with one attached hydrogen (secondary N) is 2. The molecule has 9 nitrogen and oxygen atoms in total. The van der Waals surface area contributed by atoms with E-state index in [2.05, 4.69) is 20.5 Å². The molecule has 2 aromatic carbocycles. The zero-order valence-electron chi connectivity index (χ0n) is 18.8. The molecule has 1 aliphatic heterocycles. The summed E-state index contributed by atoms with van der Waals surface area (Å²) in [4.78, 5) is 17.5. The number of carbonyl (C=O) groups excluding carboxylic acids is 1. The lowest BCUT2D eigenvalue weighted by Crippen LogP contribution is -2.44. The highest BCUT2D eigenvalue weighted by Gasteiger charge is 2.24. The van der Waals surface area contributed by atoms with Crippen LogP contribution in [0.25, 0.3) is 0 Å². The molecule has 1 heterocycles. The lowest BCUT2D eigenvalue weighted by Gasteiger charge is -2.21. The monoisotopic (exact) mass is 441 g/mol. The number of guanidine groups is 1. The van der Waals surface area contributed by atoms with Crippen LogP contribution in [-0.4, -0.2) is 58.9 Å². The molecule has 1 aliphatic rings. The van der Waals surface area contributed by atoms with Gasteiger partial charge in [-0.25, -0.2) is 0 Å². The van der Waals surface area contributed by atoms with Gasteiger partial charge in [0.05, 0.1) is 14.2 Å². The molecule has 0 saturated carbocycles. The van der Waals surface area contributed by atoms with Crippen LogP contribution in [0.4, 0.5) is 5.69 Å². The molecule has 172 valence electrons. The van der Waals surface area contributed by atoms with Gasteiger partial charge < -0.3 is 35.5 Å². The zero-order chi connectivity index (χ0) is 22.9. The standard InChI is InChI=1S/C23H31N5O4/c1-25-23(26-13-16-5-4-6-19(9-16)32-15-22(24)29)27-17-7-8-28(14-17)18-10-20(30-2)12-21(11-18)31-3/h4-6,9-12,17H,7-8,13-15H2,1-3H3,(H2,24,29)(H2,25,26,27). The van der Waals surface area contributed by atoms with Crippen molar-refractivity contribution in [3.05, 3.63) is 48.0 Å². The molecular formula is C23H31N5O4. The van der Waals surface area contributed by atoms with E-state index >= 15 is 0 Å². The molecule has 4 N–H and O–H groups in total. The van der Waals surface area contributed by atoms with E-state index in [-0.39, 0.29) is 12.6 Å². The fourth-order valence-electron chi connectivity index (χ4n) is 3.56. The molecule has 1 unspecified atom stereocenters. The van der Waals surface area contributed by atoms with Gasteiger partial charge >= 0.3 is 0 Å². The normalized spacial score (nSPS) is 15.9. The van der Waals surface area contributed by atoms with E-state index in [1.165, 1.54) is 0 Å². The quantitative estimate of drug-likeness (QED) is 0.400. The number of rotatable bonds is 9. The van der Waals surface area contributed by atoms with Gasteiger partial charge in [-0.15, -0.1) is 0 Å². The maximum atomic E-state index is 10.9. The van der Waals surface area contributed by atoms with Gasteiger partial charge in [-0.3, -0.25) is 9.79 Å². The number of primary amides is 1. The molecule has 0 aliphatic carbocycles. The van der Waals surface area contributed by atoms with E-state index in [4.69, 9.17) is 19.9 Å². The Morgan fingerprint density at radius 3 is 2.56 bits per heavy atom. The molecule has 32 heavy (non-hydrogen) atoms. The van der Waals surface area contributed by atoms with Crippen molar-refractivity contribution in [2.75, 3.05) is 45.9 Å². The average molecular weight is 442 g/mol. The Bertz CT molecular complexity index is 927. The van der Waals surface area contributed by atoms with E-state index in [9.17, 15) is 4.79 Å². The van der Waals surface area contributed by atoms with Crippen molar-refractivity contribution < 1.29 is 19.0 Å². The van der Waals surface area contributed by atoms with E-state index < -0.39 is 5.91 Å². The smallest absolute Gasteiger partial charge is 0.255 e. The highest BCUT2D eigenvalue weighted by molar-refractivity contribution is 5.80. The van der Waals surface area contributed by atoms with Gasteiger partial charge in [0, 0.05) is 56.6 Å². The summed E-state index contributed by atoms with van der Waals surface area (Å²) in [5.41, 5.74) is 7.21. The third-order valence-electron chi connectivity index (χ3n) is 5.19. The summed E-state index contributed by atoms with van der Waals surface area (Å²) in [5.74, 6) is 2.37. The van der Waals surface area contributed by atoms with Crippen molar-refractivity contribution in [1.82, 2.24) is 10.6 Å². The van der Waals surface area contributed by atoms with Crippen molar-refractivity contribution in [3.8, 4) is 17.2 Å².